The largest absolute Gasteiger partial charge is 0.0906 e. The molecule has 0 unspecified atom stereocenters. The average Bonchev–Trinajstić information content (AvgIpc) is 2.55. The number of benzene rings is 1. The molecule has 98 valence electrons. The van der Waals surface area contributed by atoms with Crippen molar-refractivity contribution in [2.45, 2.75) is 34.1 Å². The molecule has 0 heteroatoms. The Kier molecular flexibility index (Phi) is 3.90. The summed E-state index contributed by atoms with van der Waals surface area (Å²) in [5.41, 5.74) is 9.01. The highest BCUT2D eigenvalue weighted by atomic mass is 14.1. The molecule has 0 N–H and O–H groups in total. The number of hydrogen-bond acceptors (Lipinski definition) is 0. The lowest BCUT2D eigenvalue weighted by molar-refractivity contribution is 1.17. The normalized spacial score (nSPS) is 15.3. The highest BCUT2D eigenvalue weighted by Crippen LogP contribution is 2.27. The molecular weight excluding hydrogens is 228 g/mol. The number of hydrogen-bond donors (Lipinski definition) is 0. The van der Waals surface area contributed by atoms with Gasteiger partial charge in [-0.3, -0.25) is 0 Å². The minimum Gasteiger partial charge on any atom is -0.0906 e. The zero-order valence-electron chi connectivity index (χ0n) is 12.4. The Bertz CT molecular complexity index is 607. The van der Waals surface area contributed by atoms with Crippen LogP contribution in [0.4, 0.5) is 0 Å². The molecule has 0 saturated carbocycles. The van der Waals surface area contributed by atoms with E-state index in [9.17, 15) is 0 Å². The van der Waals surface area contributed by atoms with Crippen LogP contribution in [0.15, 0.2) is 59.7 Å². The quantitative estimate of drug-likeness (QED) is 0.646. The molecule has 0 saturated heterocycles. The Balaban J connectivity index is 2.31. The third-order valence-corrected chi connectivity index (χ3v) is 4.02. The Morgan fingerprint density at radius 2 is 1.74 bits per heavy atom. The summed E-state index contributed by atoms with van der Waals surface area (Å²) in [6.45, 7) is 12.9. The van der Waals surface area contributed by atoms with Gasteiger partial charge in [0.05, 0.1) is 0 Å². The van der Waals surface area contributed by atoms with E-state index in [2.05, 4.69) is 70.7 Å². The summed E-state index contributed by atoms with van der Waals surface area (Å²) in [4.78, 5) is 0. The zero-order valence-corrected chi connectivity index (χ0v) is 12.4. The predicted molar refractivity (Wildman–Crippen MR) is 85.2 cm³/mol. The van der Waals surface area contributed by atoms with Crippen molar-refractivity contribution in [3.8, 4) is 0 Å². The van der Waals surface area contributed by atoms with Gasteiger partial charge in [-0.15, -0.1) is 0 Å². The lowest BCUT2D eigenvalue weighted by Crippen LogP contribution is -1.89. The molecule has 1 aliphatic carbocycles. The molecule has 0 atom stereocenters. The maximum atomic E-state index is 4.27. The highest BCUT2D eigenvalue weighted by Gasteiger charge is 2.07. The van der Waals surface area contributed by atoms with Crippen LogP contribution >= 0.6 is 0 Å². The van der Waals surface area contributed by atoms with E-state index >= 15 is 0 Å². The summed E-state index contributed by atoms with van der Waals surface area (Å²) in [5, 5.41) is 0. The van der Waals surface area contributed by atoms with Crippen LogP contribution in [0, 0.1) is 13.8 Å². The zero-order chi connectivity index (χ0) is 14.0. The molecule has 1 aliphatic rings. The van der Waals surface area contributed by atoms with Crippen molar-refractivity contribution in [2.24, 2.45) is 0 Å². The Morgan fingerprint density at radius 3 is 2.42 bits per heavy atom. The summed E-state index contributed by atoms with van der Waals surface area (Å²) < 4.78 is 0. The van der Waals surface area contributed by atoms with Gasteiger partial charge in [-0.2, -0.15) is 0 Å². The van der Waals surface area contributed by atoms with Crippen LogP contribution in [-0.4, -0.2) is 0 Å². The summed E-state index contributed by atoms with van der Waals surface area (Å²) in [5.74, 6) is 0. The third kappa shape index (κ3) is 2.96. The summed E-state index contributed by atoms with van der Waals surface area (Å²) >= 11 is 0. The monoisotopic (exact) mass is 250 g/mol. The van der Waals surface area contributed by atoms with Crippen LogP contribution in [0.3, 0.4) is 0 Å². The second-order valence-corrected chi connectivity index (χ2v) is 5.44. The van der Waals surface area contributed by atoms with E-state index in [1.807, 2.05) is 0 Å². The summed E-state index contributed by atoms with van der Waals surface area (Å²) in [6.07, 6.45) is 7.67. The molecule has 0 aliphatic heterocycles. The van der Waals surface area contributed by atoms with E-state index in [1.165, 1.54) is 33.4 Å². The first-order valence-electron chi connectivity index (χ1n) is 6.80. The molecule has 0 bridgehead atoms. The van der Waals surface area contributed by atoms with Gasteiger partial charge in [0.15, 0.2) is 0 Å². The summed E-state index contributed by atoms with van der Waals surface area (Å²) in [6, 6.07) is 6.56. The van der Waals surface area contributed by atoms with E-state index < -0.39 is 0 Å². The Hall–Kier alpha value is -1.82. The fraction of sp³-hybridized carbons (Fsp3) is 0.263. The van der Waals surface area contributed by atoms with Crippen molar-refractivity contribution in [3.05, 3.63) is 76.4 Å². The minimum absolute atomic E-state index is 1.01. The van der Waals surface area contributed by atoms with Crippen LogP contribution in [0.5, 0.6) is 0 Å². The van der Waals surface area contributed by atoms with E-state index in [1.54, 1.807) is 0 Å². The van der Waals surface area contributed by atoms with Crippen molar-refractivity contribution in [2.75, 3.05) is 0 Å². The predicted octanol–water partition coefficient (Wildman–Crippen LogP) is 5.54. The molecular formula is C19H22. The van der Waals surface area contributed by atoms with Gasteiger partial charge < -0.3 is 0 Å². The first-order chi connectivity index (χ1) is 8.99. The van der Waals surface area contributed by atoms with E-state index in [4.69, 9.17) is 0 Å². The number of aryl methyl sites for hydroxylation is 2. The second kappa shape index (κ2) is 5.44. The van der Waals surface area contributed by atoms with Crippen LogP contribution in [0.2, 0.25) is 0 Å². The van der Waals surface area contributed by atoms with Crippen LogP contribution in [-0.2, 0) is 0 Å². The van der Waals surface area contributed by atoms with Crippen molar-refractivity contribution >= 4 is 5.57 Å². The molecule has 0 nitrogen and oxygen atoms in total. The Labute approximate surface area is 116 Å². The molecule has 0 heterocycles. The van der Waals surface area contributed by atoms with Gasteiger partial charge in [-0.25, -0.2) is 0 Å². The van der Waals surface area contributed by atoms with Crippen molar-refractivity contribution < 1.29 is 0 Å². The average molecular weight is 250 g/mol. The van der Waals surface area contributed by atoms with Gasteiger partial charge >= 0.3 is 0 Å². The lowest BCUT2D eigenvalue weighted by atomic mass is 9.95. The van der Waals surface area contributed by atoms with Crippen molar-refractivity contribution in [3.63, 3.8) is 0 Å². The molecule has 0 aromatic heterocycles. The molecule has 0 spiro atoms. The SMILES string of the molecule is C=C(C1=CCC(C)=C(C)C=C1)c1ccc(C)c(C)c1. The third-order valence-electron chi connectivity index (χ3n) is 4.02. The van der Waals surface area contributed by atoms with Gasteiger partial charge in [-0.1, -0.05) is 54.2 Å². The van der Waals surface area contributed by atoms with E-state index in [-0.39, 0.29) is 0 Å². The highest BCUT2D eigenvalue weighted by molar-refractivity contribution is 5.81. The molecule has 2 rings (SSSR count). The maximum absolute atomic E-state index is 4.27. The maximum Gasteiger partial charge on any atom is -0.0127 e. The minimum atomic E-state index is 1.01. The second-order valence-electron chi connectivity index (χ2n) is 5.44. The van der Waals surface area contributed by atoms with Gasteiger partial charge in [0.1, 0.15) is 0 Å². The molecule has 0 radical (unpaired) electrons. The van der Waals surface area contributed by atoms with Gasteiger partial charge in [-0.05, 0) is 62.0 Å². The topological polar surface area (TPSA) is 0 Å². The van der Waals surface area contributed by atoms with Gasteiger partial charge in [0, 0.05) is 0 Å². The van der Waals surface area contributed by atoms with Crippen LogP contribution < -0.4 is 0 Å². The fourth-order valence-electron chi connectivity index (χ4n) is 2.17. The van der Waals surface area contributed by atoms with Gasteiger partial charge in [0.25, 0.3) is 0 Å². The van der Waals surface area contributed by atoms with E-state index in [0.29, 0.717) is 0 Å². The molecule has 1 aromatic carbocycles. The lowest BCUT2D eigenvalue weighted by Gasteiger charge is -2.09. The standard InChI is InChI=1S/C19H22/c1-13-6-9-18(10-7-14(13)2)17(5)19-11-8-15(3)16(4)12-19/h6,8-12H,5,7H2,1-4H3. The van der Waals surface area contributed by atoms with E-state index in [0.717, 1.165) is 12.0 Å². The Morgan fingerprint density at radius 1 is 1.00 bits per heavy atom. The van der Waals surface area contributed by atoms with Crippen molar-refractivity contribution in [1.82, 2.24) is 0 Å². The van der Waals surface area contributed by atoms with Gasteiger partial charge in [0.2, 0.25) is 0 Å². The summed E-state index contributed by atoms with van der Waals surface area (Å²) in [7, 11) is 0. The molecule has 1 aromatic rings. The first-order valence-corrected chi connectivity index (χ1v) is 6.80. The number of rotatable bonds is 2. The van der Waals surface area contributed by atoms with Crippen LogP contribution in [0.25, 0.3) is 5.57 Å². The molecule has 19 heavy (non-hydrogen) atoms. The number of allylic oxidation sites excluding steroid dienone is 7. The molecule has 0 amide bonds. The smallest absolute Gasteiger partial charge is 0.0127 e. The molecule has 0 fully saturated rings. The van der Waals surface area contributed by atoms with Crippen molar-refractivity contribution in [1.29, 1.82) is 0 Å². The fourth-order valence-corrected chi connectivity index (χ4v) is 2.17. The first kappa shape index (κ1) is 13.6. The van der Waals surface area contributed by atoms with Crippen LogP contribution in [0.1, 0.15) is 37.0 Å².